The van der Waals surface area contributed by atoms with Crippen molar-refractivity contribution < 1.29 is 9.53 Å². The fourth-order valence-electron chi connectivity index (χ4n) is 3.13. The number of aryl methyl sites for hydroxylation is 3. The second-order valence-electron chi connectivity index (χ2n) is 7.20. The van der Waals surface area contributed by atoms with E-state index in [9.17, 15) is 4.79 Å². The summed E-state index contributed by atoms with van der Waals surface area (Å²) in [6.45, 7) is 6.48. The Morgan fingerprint density at radius 2 is 1.87 bits per heavy atom. The SMILES string of the molecule is C=CCn1c(CCCc2ccc(OC)cc2)nnc1SCC(=O)Nc1ccc(C)cc1. The second kappa shape index (κ2) is 11.4. The number of aromatic nitrogens is 3. The van der Waals surface area contributed by atoms with Gasteiger partial charge in [-0.2, -0.15) is 0 Å². The number of anilines is 1. The van der Waals surface area contributed by atoms with Gasteiger partial charge < -0.3 is 14.6 Å². The van der Waals surface area contributed by atoms with Gasteiger partial charge in [0.1, 0.15) is 11.6 Å². The molecule has 0 aliphatic rings. The number of hydrogen-bond acceptors (Lipinski definition) is 5. The molecular formula is C24H28N4O2S. The molecule has 162 valence electrons. The van der Waals surface area contributed by atoms with Gasteiger partial charge in [-0.25, -0.2) is 0 Å². The number of hydrogen-bond donors (Lipinski definition) is 1. The Morgan fingerprint density at radius 1 is 1.13 bits per heavy atom. The number of allylic oxidation sites excluding steroid dienone is 1. The van der Waals surface area contributed by atoms with Crippen LogP contribution in [-0.4, -0.2) is 33.5 Å². The number of nitrogens with zero attached hydrogens (tertiary/aromatic N) is 3. The van der Waals surface area contributed by atoms with Crippen LogP contribution in [0.1, 0.15) is 23.4 Å². The molecule has 0 fully saturated rings. The molecule has 2 aromatic carbocycles. The van der Waals surface area contributed by atoms with E-state index in [2.05, 4.69) is 34.2 Å². The summed E-state index contributed by atoms with van der Waals surface area (Å²) in [6.07, 6.45) is 4.54. The van der Waals surface area contributed by atoms with Crippen LogP contribution >= 0.6 is 11.8 Å². The molecule has 1 amide bonds. The third-order valence-corrected chi connectivity index (χ3v) is 5.76. The van der Waals surface area contributed by atoms with Crippen LogP contribution in [0, 0.1) is 6.92 Å². The Labute approximate surface area is 187 Å². The first kappa shape index (κ1) is 22.6. The maximum atomic E-state index is 12.3. The Kier molecular flexibility index (Phi) is 8.29. The molecule has 0 bridgehead atoms. The van der Waals surface area contributed by atoms with E-state index >= 15 is 0 Å². The van der Waals surface area contributed by atoms with Gasteiger partial charge in [0.15, 0.2) is 5.16 Å². The Balaban J connectivity index is 1.54. The minimum absolute atomic E-state index is 0.0666. The summed E-state index contributed by atoms with van der Waals surface area (Å²) in [5.41, 5.74) is 3.21. The molecule has 0 atom stereocenters. The van der Waals surface area contributed by atoms with Crippen molar-refractivity contribution in [2.75, 3.05) is 18.2 Å². The van der Waals surface area contributed by atoms with Crippen LogP contribution in [0.2, 0.25) is 0 Å². The Hall–Kier alpha value is -3.06. The van der Waals surface area contributed by atoms with E-state index in [1.165, 1.54) is 17.3 Å². The summed E-state index contributed by atoms with van der Waals surface area (Å²) in [6, 6.07) is 15.9. The van der Waals surface area contributed by atoms with Gasteiger partial charge in [0.05, 0.1) is 12.9 Å². The number of carbonyl (C=O) groups excluding carboxylic acids is 1. The molecule has 0 saturated heterocycles. The molecule has 0 radical (unpaired) electrons. The zero-order valence-corrected chi connectivity index (χ0v) is 18.8. The van der Waals surface area contributed by atoms with Gasteiger partial charge in [0.2, 0.25) is 5.91 Å². The normalized spacial score (nSPS) is 10.6. The van der Waals surface area contributed by atoms with Crippen molar-refractivity contribution in [1.82, 2.24) is 14.8 Å². The van der Waals surface area contributed by atoms with Crippen LogP contribution in [0.25, 0.3) is 0 Å². The fourth-order valence-corrected chi connectivity index (χ4v) is 3.90. The van der Waals surface area contributed by atoms with E-state index in [1.807, 2.05) is 54.0 Å². The molecule has 6 nitrogen and oxygen atoms in total. The van der Waals surface area contributed by atoms with Crippen molar-refractivity contribution in [2.45, 2.75) is 37.9 Å². The van der Waals surface area contributed by atoms with Gasteiger partial charge in [0, 0.05) is 18.7 Å². The number of ether oxygens (including phenoxy) is 1. The molecule has 0 spiro atoms. The molecule has 1 heterocycles. The average Bonchev–Trinajstić information content (AvgIpc) is 3.16. The van der Waals surface area contributed by atoms with E-state index in [1.54, 1.807) is 7.11 Å². The summed E-state index contributed by atoms with van der Waals surface area (Å²) in [5, 5.41) is 12.3. The molecule has 3 rings (SSSR count). The van der Waals surface area contributed by atoms with E-state index in [-0.39, 0.29) is 11.7 Å². The van der Waals surface area contributed by atoms with Gasteiger partial charge in [-0.3, -0.25) is 4.79 Å². The highest BCUT2D eigenvalue weighted by molar-refractivity contribution is 7.99. The van der Waals surface area contributed by atoms with Gasteiger partial charge in [0.25, 0.3) is 0 Å². The van der Waals surface area contributed by atoms with Crippen molar-refractivity contribution in [3.05, 3.63) is 78.1 Å². The summed E-state index contributed by atoms with van der Waals surface area (Å²) in [4.78, 5) is 12.3. The predicted octanol–water partition coefficient (Wildman–Crippen LogP) is 4.69. The molecule has 0 aliphatic heterocycles. The number of thioether (sulfide) groups is 1. The molecule has 3 aromatic rings. The fraction of sp³-hybridized carbons (Fsp3) is 0.292. The van der Waals surface area contributed by atoms with Crippen LogP contribution in [0.3, 0.4) is 0 Å². The molecule has 7 heteroatoms. The third kappa shape index (κ3) is 6.72. The lowest BCUT2D eigenvalue weighted by Crippen LogP contribution is -2.14. The third-order valence-electron chi connectivity index (χ3n) is 4.80. The molecule has 0 saturated carbocycles. The first-order valence-corrected chi connectivity index (χ1v) is 11.2. The maximum absolute atomic E-state index is 12.3. The summed E-state index contributed by atoms with van der Waals surface area (Å²) < 4.78 is 7.24. The summed E-state index contributed by atoms with van der Waals surface area (Å²) in [5.74, 6) is 1.98. The molecule has 0 unspecified atom stereocenters. The Morgan fingerprint density at radius 3 is 2.55 bits per heavy atom. The lowest BCUT2D eigenvalue weighted by molar-refractivity contribution is -0.113. The van der Waals surface area contributed by atoms with E-state index < -0.39 is 0 Å². The number of benzene rings is 2. The summed E-state index contributed by atoms with van der Waals surface area (Å²) in [7, 11) is 1.67. The van der Waals surface area contributed by atoms with Crippen LogP contribution < -0.4 is 10.1 Å². The number of nitrogens with one attached hydrogen (secondary N) is 1. The van der Waals surface area contributed by atoms with Crippen LogP contribution in [0.15, 0.2) is 66.3 Å². The molecule has 1 aromatic heterocycles. The van der Waals surface area contributed by atoms with E-state index in [0.717, 1.165) is 47.2 Å². The minimum Gasteiger partial charge on any atom is -0.497 e. The van der Waals surface area contributed by atoms with Gasteiger partial charge >= 0.3 is 0 Å². The van der Waals surface area contributed by atoms with Crippen molar-refractivity contribution in [1.29, 1.82) is 0 Å². The van der Waals surface area contributed by atoms with Crippen LogP contribution in [0.5, 0.6) is 5.75 Å². The van der Waals surface area contributed by atoms with Gasteiger partial charge in [-0.1, -0.05) is 47.7 Å². The highest BCUT2D eigenvalue weighted by Gasteiger charge is 2.13. The van der Waals surface area contributed by atoms with E-state index in [0.29, 0.717) is 6.54 Å². The number of amides is 1. The number of carbonyl (C=O) groups is 1. The maximum Gasteiger partial charge on any atom is 0.234 e. The van der Waals surface area contributed by atoms with Crippen molar-refractivity contribution >= 4 is 23.4 Å². The smallest absolute Gasteiger partial charge is 0.234 e. The van der Waals surface area contributed by atoms with Crippen molar-refractivity contribution in [3.8, 4) is 5.75 Å². The first-order valence-electron chi connectivity index (χ1n) is 10.2. The van der Waals surface area contributed by atoms with Crippen LogP contribution in [-0.2, 0) is 24.2 Å². The quantitative estimate of drug-likeness (QED) is 0.349. The topological polar surface area (TPSA) is 69.0 Å². The molecular weight excluding hydrogens is 408 g/mol. The summed E-state index contributed by atoms with van der Waals surface area (Å²) >= 11 is 1.39. The lowest BCUT2D eigenvalue weighted by atomic mass is 10.1. The largest absolute Gasteiger partial charge is 0.497 e. The molecule has 31 heavy (non-hydrogen) atoms. The van der Waals surface area contributed by atoms with Gasteiger partial charge in [-0.15, -0.1) is 16.8 Å². The average molecular weight is 437 g/mol. The Bertz CT molecular complexity index is 997. The number of rotatable bonds is 11. The molecule has 1 N–H and O–H groups in total. The lowest BCUT2D eigenvalue weighted by Gasteiger charge is -2.08. The zero-order valence-electron chi connectivity index (χ0n) is 18.0. The monoisotopic (exact) mass is 436 g/mol. The first-order chi connectivity index (χ1) is 15.1. The van der Waals surface area contributed by atoms with Gasteiger partial charge in [-0.05, 0) is 49.6 Å². The second-order valence-corrected chi connectivity index (χ2v) is 8.15. The highest BCUT2D eigenvalue weighted by atomic mass is 32.2. The standard InChI is InChI=1S/C24H28N4O2S/c1-4-16-28-22(7-5-6-19-10-14-21(30-3)15-11-19)26-27-24(28)31-17-23(29)25-20-12-8-18(2)9-13-20/h4,8-15H,1,5-7,16-17H2,2-3H3,(H,25,29). The molecule has 0 aliphatic carbocycles. The van der Waals surface area contributed by atoms with Crippen molar-refractivity contribution in [2.24, 2.45) is 0 Å². The van der Waals surface area contributed by atoms with Crippen molar-refractivity contribution in [3.63, 3.8) is 0 Å². The predicted molar refractivity (Wildman–Crippen MR) is 126 cm³/mol. The minimum atomic E-state index is -0.0666. The van der Waals surface area contributed by atoms with E-state index in [4.69, 9.17) is 4.74 Å². The van der Waals surface area contributed by atoms with Crippen LogP contribution in [0.4, 0.5) is 5.69 Å². The zero-order chi connectivity index (χ0) is 22.1. The highest BCUT2D eigenvalue weighted by Crippen LogP contribution is 2.20. The number of methoxy groups -OCH3 is 1.